The zero-order valence-electron chi connectivity index (χ0n) is 9.73. The molecule has 0 bridgehead atoms. The maximum Gasteiger partial charge on any atom is 0.239 e. The molecule has 4 heteroatoms. The molecule has 1 amide bonds. The normalized spacial score (nSPS) is 10.2. The predicted octanol–water partition coefficient (Wildman–Crippen LogP) is 1.78. The smallest absolute Gasteiger partial charge is 0.239 e. The maximum absolute atomic E-state index is 11.3. The van der Waals surface area contributed by atoms with Crippen molar-refractivity contribution in [3.63, 3.8) is 0 Å². The number of carbonyl (C=O) groups excluding carboxylic acids is 1. The first-order valence-corrected chi connectivity index (χ1v) is 5.66. The molecule has 0 radical (unpaired) electrons. The van der Waals surface area contributed by atoms with Crippen LogP contribution in [0.5, 0.6) is 0 Å². The van der Waals surface area contributed by atoms with E-state index in [-0.39, 0.29) is 12.5 Å². The highest BCUT2D eigenvalue weighted by Gasteiger charge is 2.00. The number of rotatable bonds is 4. The number of amides is 1. The third-order valence-electron chi connectivity index (χ3n) is 2.40. The summed E-state index contributed by atoms with van der Waals surface area (Å²) in [6.07, 6.45) is 0. The lowest BCUT2D eigenvalue weighted by atomic mass is 10.2. The van der Waals surface area contributed by atoms with Crippen LogP contribution in [0.1, 0.15) is 6.92 Å². The Balaban J connectivity index is 2.06. The molecule has 0 atom stereocenters. The first-order chi connectivity index (χ1) is 8.29. The Kier molecular flexibility index (Phi) is 3.55. The minimum Gasteiger partial charge on any atom is -0.361 e. The second kappa shape index (κ2) is 5.30. The maximum atomic E-state index is 11.3. The van der Waals surface area contributed by atoms with E-state index in [2.05, 4.69) is 15.6 Å². The zero-order valence-corrected chi connectivity index (χ0v) is 9.73. The number of likely N-dealkylation sites (N-methyl/N-ethyl adjacent to an activating group) is 1. The van der Waals surface area contributed by atoms with Gasteiger partial charge in [0, 0.05) is 11.9 Å². The lowest BCUT2D eigenvalue weighted by molar-refractivity contribution is -0.119. The molecule has 0 fully saturated rings. The zero-order chi connectivity index (χ0) is 12.1. The Labute approximate surface area is 100 Å². The summed E-state index contributed by atoms with van der Waals surface area (Å²) >= 11 is 0. The molecule has 1 aromatic carbocycles. The number of fused-ring (bicyclic) bond motifs is 1. The number of carbonyl (C=O) groups is 1. The summed E-state index contributed by atoms with van der Waals surface area (Å²) in [5, 5.41) is 6.82. The van der Waals surface area contributed by atoms with Crippen LogP contribution in [0.4, 0.5) is 5.82 Å². The molecule has 2 N–H and O–H groups in total. The second-order valence-corrected chi connectivity index (χ2v) is 3.70. The molecule has 2 aromatic rings. The number of benzene rings is 1. The molecular weight excluding hydrogens is 214 g/mol. The van der Waals surface area contributed by atoms with Crippen LogP contribution in [0, 0.1) is 0 Å². The summed E-state index contributed by atoms with van der Waals surface area (Å²) in [4.78, 5) is 15.7. The van der Waals surface area contributed by atoms with Crippen LogP contribution >= 0.6 is 0 Å². The highest BCUT2D eigenvalue weighted by Crippen LogP contribution is 2.13. The fourth-order valence-electron chi connectivity index (χ4n) is 1.59. The number of hydrogen-bond acceptors (Lipinski definition) is 3. The number of para-hydroxylation sites is 1. The fourth-order valence-corrected chi connectivity index (χ4v) is 1.59. The van der Waals surface area contributed by atoms with Crippen LogP contribution in [0.2, 0.25) is 0 Å². The fraction of sp³-hybridized carbons (Fsp3) is 0.231. The van der Waals surface area contributed by atoms with Crippen LogP contribution in [0.25, 0.3) is 10.9 Å². The molecule has 0 spiro atoms. The Hall–Kier alpha value is -2.10. The third-order valence-corrected chi connectivity index (χ3v) is 2.40. The van der Waals surface area contributed by atoms with E-state index in [4.69, 9.17) is 0 Å². The van der Waals surface area contributed by atoms with Gasteiger partial charge in [0.05, 0.1) is 12.1 Å². The largest absolute Gasteiger partial charge is 0.361 e. The van der Waals surface area contributed by atoms with E-state index < -0.39 is 0 Å². The van der Waals surface area contributed by atoms with Gasteiger partial charge in [0.1, 0.15) is 5.82 Å². The Morgan fingerprint density at radius 1 is 1.24 bits per heavy atom. The summed E-state index contributed by atoms with van der Waals surface area (Å²) in [6.45, 7) is 2.79. The topological polar surface area (TPSA) is 54.0 Å². The van der Waals surface area contributed by atoms with E-state index in [0.29, 0.717) is 6.54 Å². The van der Waals surface area contributed by atoms with E-state index >= 15 is 0 Å². The number of anilines is 1. The van der Waals surface area contributed by atoms with E-state index in [0.717, 1.165) is 16.7 Å². The van der Waals surface area contributed by atoms with Gasteiger partial charge in [-0.2, -0.15) is 0 Å². The molecule has 0 saturated heterocycles. The highest BCUT2D eigenvalue weighted by atomic mass is 16.1. The van der Waals surface area contributed by atoms with Crippen molar-refractivity contribution in [3.8, 4) is 0 Å². The molecule has 1 aromatic heterocycles. The van der Waals surface area contributed by atoms with E-state index in [9.17, 15) is 4.79 Å². The highest BCUT2D eigenvalue weighted by molar-refractivity contribution is 5.82. The number of aromatic nitrogens is 1. The lowest BCUT2D eigenvalue weighted by Gasteiger charge is -2.06. The van der Waals surface area contributed by atoms with Gasteiger partial charge in [-0.25, -0.2) is 4.98 Å². The van der Waals surface area contributed by atoms with Crippen molar-refractivity contribution in [3.05, 3.63) is 36.4 Å². The van der Waals surface area contributed by atoms with Gasteiger partial charge in [0.2, 0.25) is 5.91 Å². The van der Waals surface area contributed by atoms with Crippen molar-refractivity contribution >= 4 is 22.6 Å². The van der Waals surface area contributed by atoms with Crippen molar-refractivity contribution in [1.29, 1.82) is 0 Å². The molecule has 0 aliphatic heterocycles. The van der Waals surface area contributed by atoms with Crippen molar-refractivity contribution in [2.24, 2.45) is 0 Å². The van der Waals surface area contributed by atoms with Crippen LogP contribution in [-0.4, -0.2) is 24.0 Å². The van der Waals surface area contributed by atoms with Crippen LogP contribution in [0.3, 0.4) is 0 Å². The summed E-state index contributed by atoms with van der Waals surface area (Å²) in [7, 11) is 0. The number of nitrogens with zero attached hydrogens (tertiary/aromatic N) is 1. The van der Waals surface area contributed by atoms with E-state index in [1.54, 1.807) is 0 Å². The van der Waals surface area contributed by atoms with Crippen LogP contribution in [-0.2, 0) is 4.79 Å². The molecule has 0 aliphatic carbocycles. The Bertz CT molecular complexity index is 525. The van der Waals surface area contributed by atoms with Crippen molar-refractivity contribution in [1.82, 2.24) is 10.3 Å². The molecule has 4 nitrogen and oxygen atoms in total. The Morgan fingerprint density at radius 2 is 2.06 bits per heavy atom. The third kappa shape index (κ3) is 2.93. The average Bonchev–Trinajstić information content (AvgIpc) is 2.36. The summed E-state index contributed by atoms with van der Waals surface area (Å²) in [5.41, 5.74) is 0.924. The van der Waals surface area contributed by atoms with Crippen LogP contribution in [0.15, 0.2) is 36.4 Å². The van der Waals surface area contributed by atoms with E-state index in [1.807, 2.05) is 43.3 Å². The summed E-state index contributed by atoms with van der Waals surface area (Å²) in [6, 6.07) is 11.8. The molecular formula is C13H15N3O. The van der Waals surface area contributed by atoms with Gasteiger partial charge in [-0.05, 0) is 25.1 Å². The first-order valence-electron chi connectivity index (χ1n) is 5.66. The van der Waals surface area contributed by atoms with Gasteiger partial charge in [-0.3, -0.25) is 4.79 Å². The van der Waals surface area contributed by atoms with Crippen LogP contribution < -0.4 is 10.6 Å². The van der Waals surface area contributed by atoms with Gasteiger partial charge in [0.15, 0.2) is 0 Å². The van der Waals surface area contributed by atoms with Gasteiger partial charge in [-0.15, -0.1) is 0 Å². The predicted molar refractivity (Wildman–Crippen MR) is 68.9 cm³/mol. The van der Waals surface area contributed by atoms with Gasteiger partial charge >= 0.3 is 0 Å². The molecule has 0 saturated carbocycles. The summed E-state index contributed by atoms with van der Waals surface area (Å²) in [5.74, 6) is 0.692. The second-order valence-electron chi connectivity index (χ2n) is 3.70. The number of hydrogen-bond donors (Lipinski definition) is 2. The minimum atomic E-state index is -0.0255. The molecule has 0 aliphatic rings. The first kappa shape index (κ1) is 11.4. The van der Waals surface area contributed by atoms with Crippen molar-refractivity contribution < 1.29 is 4.79 Å². The molecule has 2 rings (SSSR count). The molecule has 88 valence electrons. The van der Waals surface area contributed by atoms with Gasteiger partial charge < -0.3 is 10.6 Å². The summed E-state index contributed by atoms with van der Waals surface area (Å²) < 4.78 is 0. The minimum absolute atomic E-state index is 0.0255. The standard InChI is InChI=1S/C13H15N3O/c1-2-14-13(17)9-15-12-8-7-10-5-3-4-6-11(10)16-12/h3-8H,2,9H2,1H3,(H,14,17)(H,15,16). The SMILES string of the molecule is CCNC(=O)CNc1ccc2ccccc2n1. The van der Waals surface area contributed by atoms with E-state index in [1.165, 1.54) is 0 Å². The molecule has 1 heterocycles. The quantitative estimate of drug-likeness (QED) is 0.840. The lowest BCUT2D eigenvalue weighted by Crippen LogP contribution is -2.29. The molecule has 0 unspecified atom stereocenters. The number of nitrogens with one attached hydrogen (secondary N) is 2. The van der Waals surface area contributed by atoms with Crippen molar-refractivity contribution in [2.75, 3.05) is 18.4 Å². The van der Waals surface area contributed by atoms with Gasteiger partial charge in [0.25, 0.3) is 0 Å². The Morgan fingerprint density at radius 3 is 2.88 bits per heavy atom. The average molecular weight is 229 g/mol. The monoisotopic (exact) mass is 229 g/mol. The molecule has 17 heavy (non-hydrogen) atoms. The number of pyridine rings is 1. The van der Waals surface area contributed by atoms with Crippen molar-refractivity contribution in [2.45, 2.75) is 6.92 Å². The van der Waals surface area contributed by atoms with Gasteiger partial charge in [-0.1, -0.05) is 18.2 Å².